The van der Waals surface area contributed by atoms with E-state index in [0.717, 1.165) is 28.3 Å². The van der Waals surface area contributed by atoms with Crippen molar-refractivity contribution in [2.45, 2.75) is 27.0 Å². The van der Waals surface area contributed by atoms with Crippen LogP contribution in [0.4, 0.5) is 5.69 Å². The van der Waals surface area contributed by atoms with Gasteiger partial charge in [0.05, 0.1) is 6.61 Å². The molecule has 1 N–H and O–H groups in total. The predicted molar refractivity (Wildman–Crippen MR) is 123 cm³/mol. The molecule has 0 saturated heterocycles. The Hall–Kier alpha value is -3.05. The van der Waals surface area contributed by atoms with Gasteiger partial charge in [-0.3, -0.25) is 0 Å². The zero-order valence-electron chi connectivity index (χ0n) is 17.7. The second kappa shape index (κ2) is 9.84. The van der Waals surface area contributed by atoms with Gasteiger partial charge in [-0.2, -0.15) is 0 Å². The number of rotatable bonds is 8. The van der Waals surface area contributed by atoms with Crippen LogP contribution in [0.1, 0.15) is 23.6 Å². The highest BCUT2D eigenvalue weighted by molar-refractivity contribution is 6.31. The molecule has 1 aliphatic rings. The molecule has 5 nitrogen and oxygen atoms in total. The fourth-order valence-corrected chi connectivity index (χ4v) is 3.59. The normalized spacial score (nSPS) is 12.4. The van der Waals surface area contributed by atoms with Crippen molar-refractivity contribution >= 4 is 17.3 Å². The molecular formula is C25H26ClNO4. The summed E-state index contributed by atoms with van der Waals surface area (Å²) >= 11 is 6.58. The standard InChI is InChI=1S/C25H26ClNO4/c1-3-28-23-12-19(15-27-20-8-9-22-24(13-20)30-11-10-29-22)21(26)14-25(23)31-16-18-7-5-4-6-17(18)2/h4-9,12-14,27H,3,10-11,15-16H2,1-2H3. The van der Waals surface area contributed by atoms with Crippen LogP contribution in [0, 0.1) is 6.92 Å². The first-order chi connectivity index (χ1) is 15.1. The summed E-state index contributed by atoms with van der Waals surface area (Å²) in [6.07, 6.45) is 0. The lowest BCUT2D eigenvalue weighted by atomic mass is 10.1. The van der Waals surface area contributed by atoms with Gasteiger partial charge >= 0.3 is 0 Å². The average molecular weight is 440 g/mol. The molecule has 4 rings (SSSR count). The van der Waals surface area contributed by atoms with Crippen LogP contribution in [-0.2, 0) is 13.2 Å². The zero-order chi connectivity index (χ0) is 21.6. The Morgan fingerprint density at radius 1 is 0.903 bits per heavy atom. The van der Waals surface area contributed by atoms with E-state index in [1.54, 1.807) is 0 Å². The molecule has 0 spiro atoms. The second-order valence-corrected chi connectivity index (χ2v) is 7.66. The molecular weight excluding hydrogens is 414 g/mol. The van der Waals surface area contributed by atoms with E-state index in [-0.39, 0.29) is 0 Å². The van der Waals surface area contributed by atoms with Gasteiger partial charge < -0.3 is 24.3 Å². The first-order valence-corrected chi connectivity index (χ1v) is 10.8. The van der Waals surface area contributed by atoms with Crippen LogP contribution in [0.15, 0.2) is 54.6 Å². The third-order valence-corrected chi connectivity index (χ3v) is 5.43. The topological polar surface area (TPSA) is 49.0 Å². The average Bonchev–Trinajstić information content (AvgIpc) is 2.79. The largest absolute Gasteiger partial charge is 0.490 e. The van der Waals surface area contributed by atoms with Crippen molar-refractivity contribution in [3.05, 3.63) is 76.3 Å². The Kier molecular flexibility index (Phi) is 6.73. The molecule has 3 aromatic carbocycles. The summed E-state index contributed by atoms with van der Waals surface area (Å²) in [5, 5.41) is 4.01. The van der Waals surface area contributed by atoms with Crippen LogP contribution in [-0.4, -0.2) is 19.8 Å². The third-order valence-electron chi connectivity index (χ3n) is 5.08. The molecule has 1 aliphatic heterocycles. The summed E-state index contributed by atoms with van der Waals surface area (Å²) in [5.41, 5.74) is 4.17. The van der Waals surface area contributed by atoms with Crippen molar-refractivity contribution in [1.29, 1.82) is 0 Å². The quantitative estimate of drug-likeness (QED) is 0.465. The molecule has 31 heavy (non-hydrogen) atoms. The summed E-state index contributed by atoms with van der Waals surface area (Å²) in [4.78, 5) is 0. The van der Waals surface area contributed by atoms with Gasteiger partial charge in [-0.15, -0.1) is 0 Å². The number of anilines is 1. The van der Waals surface area contributed by atoms with Gasteiger partial charge in [-0.1, -0.05) is 35.9 Å². The maximum Gasteiger partial charge on any atom is 0.163 e. The highest BCUT2D eigenvalue weighted by Gasteiger charge is 2.14. The van der Waals surface area contributed by atoms with E-state index >= 15 is 0 Å². The third kappa shape index (κ3) is 5.17. The number of hydrogen-bond donors (Lipinski definition) is 1. The first kappa shape index (κ1) is 21.2. The van der Waals surface area contributed by atoms with Crippen LogP contribution in [0.25, 0.3) is 0 Å². The molecule has 6 heteroatoms. The molecule has 162 valence electrons. The Balaban J connectivity index is 1.48. The minimum atomic E-state index is 0.456. The van der Waals surface area contributed by atoms with E-state index in [1.807, 2.05) is 49.4 Å². The summed E-state index contributed by atoms with van der Waals surface area (Å²) in [5.74, 6) is 2.83. The van der Waals surface area contributed by atoms with E-state index in [0.29, 0.717) is 49.5 Å². The highest BCUT2D eigenvalue weighted by Crippen LogP contribution is 2.36. The molecule has 0 saturated carbocycles. The molecule has 0 bridgehead atoms. The van der Waals surface area contributed by atoms with E-state index in [9.17, 15) is 0 Å². The fourth-order valence-electron chi connectivity index (χ4n) is 3.37. The number of halogens is 1. The molecule has 0 aliphatic carbocycles. The highest BCUT2D eigenvalue weighted by atomic mass is 35.5. The molecule has 0 aromatic heterocycles. The molecule has 0 atom stereocenters. The van der Waals surface area contributed by atoms with Crippen LogP contribution in [0.5, 0.6) is 23.0 Å². The van der Waals surface area contributed by atoms with Crippen molar-refractivity contribution in [3.8, 4) is 23.0 Å². The number of ether oxygens (including phenoxy) is 4. The van der Waals surface area contributed by atoms with Crippen LogP contribution >= 0.6 is 11.6 Å². The monoisotopic (exact) mass is 439 g/mol. The minimum absolute atomic E-state index is 0.456. The van der Waals surface area contributed by atoms with E-state index in [2.05, 4.69) is 24.4 Å². The van der Waals surface area contributed by atoms with Crippen LogP contribution in [0.3, 0.4) is 0 Å². The SMILES string of the molecule is CCOc1cc(CNc2ccc3c(c2)OCCO3)c(Cl)cc1OCc1ccccc1C. The summed E-state index contributed by atoms with van der Waals surface area (Å²) < 4.78 is 23.1. The minimum Gasteiger partial charge on any atom is -0.490 e. The Labute approximate surface area is 187 Å². The Bertz CT molecular complexity index is 1050. The maximum atomic E-state index is 6.58. The van der Waals surface area contributed by atoms with Gasteiger partial charge in [-0.05, 0) is 48.7 Å². The molecule has 0 radical (unpaired) electrons. The summed E-state index contributed by atoms with van der Waals surface area (Å²) in [6.45, 7) is 6.69. The van der Waals surface area contributed by atoms with Crippen molar-refractivity contribution in [1.82, 2.24) is 0 Å². The molecule has 0 unspecified atom stereocenters. The smallest absolute Gasteiger partial charge is 0.163 e. The first-order valence-electron chi connectivity index (χ1n) is 10.4. The lowest BCUT2D eigenvalue weighted by Crippen LogP contribution is -2.15. The second-order valence-electron chi connectivity index (χ2n) is 7.25. The van der Waals surface area contributed by atoms with Crippen LogP contribution in [0.2, 0.25) is 5.02 Å². The Morgan fingerprint density at radius 2 is 1.68 bits per heavy atom. The van der Waals surface area contributed by atoms with Gasteiger partial charge in [0.2, 0.25) is 0 Å². The fraction of sp³-hybridized carbons (Fsp3) is 0.280. The van der Waals surface area contributed by atoms with Crippen molar-refractivity contribution in [3.63, 3.8) is 0 Å². The molecule has 0 amide bonds. The van der Waals surface area contributed by atoms with Gasteiger partial charge in [0, 0.05) is 29.4 Å². The van der Waals surface area contributed by atoms with E-state index in [1.165, 1.54) is 5.56 Å². The number of nitrogens with one attached hydrogen (secondary N) is 1. The Morgan fingerprint density at radius 3 is 2.48 bits per heavy atom. The number of aryl methyl sites for hydroxylation is 1. The summed E-state index contributed by atoms with van der Waals surface area (Å²) in [6, 6.07) is 17.7. The van der Waals surface area contributed by atoms with Gasteiger partial charge in [0.1, 0.15) is 19.8 Å². The van der Waals surface area contributed by atoms with E-state index < -0.39 is 0 Å². The van der Waals surface area contributed by atoms with Crippen molar-refractivity contribution in [2.75, 3.05) is 25.1 Å². The van der Waals surface area contributed by atoms with Crippen molar-refractivity contribution in [2.24, 2.45) is 0 Å². The van der Waals surface area contributed by atoms with Gasteiger partial charge in [-0.25, -0.2) is 0 Å². The summed E-state index contributed by atoms with van der Waals surface area (Å²) in [7, 11) is 0. The lowest BCUT2D eigenvalue weighted by Gasteiger charge is -2.19. The maximum absolute atomic E-state index is 6.58. The zero-order valence-corrected chi connectivity index (χ0v) is 18.5. The van der Waals surface area contributed by atoms with Crippen LogP contribution < -0.4 is 24.3 Å². The number of fused-ring (bicyclic) bond motifs is 1. The van der Waals surface area contributed by atoms with Gasteiger partial charge in [0.25, 0.3) is 0 Å². The van der Waals surface area contributed by atoms with Crippen molar-refractivity contribution < 1.29 is 18.9 Å². The number of hydrogen-bond acceptors (Lipinski definition) is 5. The lowest BCUT2D eigenvalue weighted by molar-refractivity contribution is 0.171. The molecule has 3 aromatic rings. The van der Waals surface area contributed by atoms with Gasteiger partial charge in [0.15, 0.2) is 23.0 Å². The molecule has 0 fully saturated rings. The predicted octanol–water partition coefficient (Wildman–Crippen LogP) is 6.01. The van der Waals surface area contributed by atoms with E-state index in [4.69, 9.17) is 30.5 Å². The molecule has 1 heterocycles. The number of benzene rings is 3.